The predicted octanol–water partition coefficient (Wildman–Crippen LogP) is 3.27. The monoisotopic (exact) mass is 248 g/mol. The number of hydrogen-bond acceptors (Lipinski definition) is 2. The largest absolute Gasteiger partial charge is 0.385 e. The van der Waals surface area contributed by atoms with E-state index >= 15 is 0 Å². The third-order valence-corrected chi connectivity index (χ3v) is 4.01. The van der Waals surface area contributed by atoms with Crippen molar-refractivity contribution in [2.75, 3.05) is 13.2 Å². The van der Waals surface area contributed by atoms with Crippen LogP contribution < -0.4 is 0 Å². The summed E-state index contributed by atoms with van der Waals surface area (Å²) in [5.41, 5.74) is 1.64. The van der Waals surface area contributed by atoms with Crippen LogP contribution in [0.15, 0.2) is 24.3 Å². The maximum Gasteiger partial charge on any atom is 0.0871 e. The van der Waals surface area contributed by atoms with Crippen LogP contribution in [0, 0.1) is 5.92 Å². The molecule has 18 heavy (non-hydrogen) atoms. The number of ether oxygens (including phenoxy) is 1. The van der Waals surface area contributed by atoms with Crippen LogP contribution in [0.4, 0.5) is 0 Å². The molecule has 1 N–H and O–H groups in total. The summed E-state index contributed by atoms with van der Waals surface area (Å²) in [6.45, 7) is 5.77. The first-order chi connectivity index (χ1) is 8.62. The fourth-order valence-corrected chi connectivity index (χ4v) is 2.73. The van der Waals surface area contributed by atoms with E-state index < -0.39 is 5.60 Å². The minimum atomic E-state index is -0.714. The maximum atomic E-state index is 10.7. The quantitative estimate of drug-likeness (QED) is 0.886. The van der Waals surface area contributed by atoms with Gasteiger partial charge in [-0.1, -0.05) is 31.2 Å². The molecule has 0 saturated carbocycles. The number of hydrogen-bond donors (Lipinski definition) is 1. The highest BCUT2D eigenvalue weighted by atomic mass is 16.5. The second-order valence-corrected chi connectivity index (χ2v) is 5.58. The third-order valence-electron chi connectivity index (χ3n) is 4.01. The highest BCUT2D eigenvalue weighted by molar-refractivity contribution is 5.26. The first-order valence-electron chi connectivity index (χ1n) is 7.01. The second kappa shape index (κ2) is 5.85. The molecule has 1 aliphatic heterocycles. The van der Waals surface area contributed by atoms with Crippen molar-refractivity contribution in [2.24, 2.45) is 5.92 Å². The molecule has 1 atom stereocenters. The van der Waals surface area contributed by atoms with Gasteiger partial charge in [-0.25, -0.2) is 0 Å². The molecular formula is C16H24O2. The minimum absolute atomic E-state index is 0.583. The topological polar surface area (TPSA) is 29.5 Å². The molecule has 1 saturated heterocycles. The Morgan fingerprint density at radius 3 is 2.39 bits per heavy atom. The van der Waals surface area contributed by atoms with E-state index in [-0.39, 0.29) is 0 Å². The first-order valence-corrected chi connectivity index (χ1v) is 7.01. The molecule has 1 aromatic rings. The summed E-state index contributed by atoms with van der Waals surface area (Å²) < 4.78 is 5.37. The minimum Gasteiger partial charge on any atom is -0.385 e. The van der Waals surface area contributed by atoms with Crippen LogP contribution in [0.1, 0.15) is 44.2 Å². The van der Waals surface area contributed by atoms with E-state index in [1.54, 1.807) is 0 Å². The van der Waals surface area contributed by atoms with E-state index in [9.17, 15) is 5.11 Å². The summed E-state index contributed by atoms with van der Waals surface area (Å²) in [5, 5.41) is 10.7. The molecule has 100 valence electrons. The van der Waals surface area contributed by atoms with Gasteiger partial charge in [0.2, 0.25) is 0 Å². The Bertz CT molecular complexity index is 361. The highest BCUT2D eigenvalue weighted by Gasteiger charge is 2.28. The molecule has 1 aliphatic rings. The van der Waals surface area contributed by atoms with Gasteiger partial charge in [-0.3, -0.25) is 0 Å². The molecule has 0 aliphatic carbocycles. The molecule has 2 heteroatoms. The lowest BCUT2D eigenvalue weighted by Gasteiger charge is -2.31. The fourth-order valence-electron chi connectivity index (χ4n) is 2.73. The van der Waals surface area contributed by atoms with Crippen molar-refractivity contribution in [1.29, 1.82) is 0 Å². The van der Waals surface area contributed by atoms with Gasteiger partial charge < -0.3 is 9.84 Å². The Labute approximate surface area is 110 Å². The number of benzene rings is 1. The summed E-state index contributed by atoms with van der Waals surface area (Å²) in [4.78, 5) is 0. The third kappa shape index (κ3) is 3.33. The Morgan fingerprint density at radius 1 is 1.22 bits per heavy atom. The van der Waals surface area contributed by atoms with E-state index in [0.29, 0.717) is 5.92 Å². The summed E-state index contributed by atoms with van der Waals surface area (Å²) in [6, 6.07) is 8.37. The summed E-state index contributed by atoms with van der Waals surface area (Å²) in [6.07, 6.45) is 4.02. The summed E-state index contributed by atoms with van der Waals surface area (Å²) >= 11 is 0. The SMILES string of the molecule is CCc1ccc(C(C)(O)CC2CCOCC2)cc1. The average Bonchev–Trinajstić information content (AvgIpc) is 2.39. The molecule has 1 unspecified atom stereocenters. The van der Waals surface area contributed by atoms with Crippen LogP contribution in [0.2, 0.25) is 0 Å². The van der Waals surface area contributed by atoms with Gasteiger partial charge in [-0.2, -0.15) is 0 Å². The van der Waals surface area contributed by atoms with Gasteiger partial charge >= 0.3 is 0 Å². The molecule has 1 fully saturated rings. The van der Waals surface area contributed by atoms with Crippen LogP contribution in [-0.4, -0.2) is 18.3 Å². The lowest BCUT2D eigenvalue weighted by molar-refractivity contribution is -0.00304. The Balaban J connectivity index is 2.03. The fraction of sp³-hybridized carbons (Fsp3) is 0.625. The van der Waals surface area contributed by atoms with Crippen LogP contribution >= 0.6 is 0 Å². The predicted molar refractivity (Wildman–Crippen MR) is 73.6 cm³/mol. The van der Waals surface area contributed by atoms with E-state index in [2.05, 4.69) is 31.2 Å². The lowest BCUT2D eigenvalue weighted by atomic mass is 9.82. The van der Waals surface area contributed by atoms with Gasteiger partial charge in [-0.05, 0) is 49.7 Å². The summed E-state index contributed by atoms with van der Waals surface area (Å²) in [7, 11) is 0. The van der Waals surface area contributed by atoms with Crippen molar-refractivity contribution in [2.45, 2.75) is 45.1 Å². The molecular weight excluding hydrogens is 224 g/mol. The van der Waals surface area contributed by atoms with Crippen LogP contribution in [-0.2, 0) is 16.8 Å². The van der Waals surface area contributed by atoms with Gasteiger partial charge in [0, 0.05) is 13.2 Å². The van der Waals surface area contributed by atoms with E-state index in [4.69, 9.17) is 4.74 Å². The molecule has 1 aromatic carbocycles. The van der Waals surface area contributed by atoms with Crippen LogP contribution in [0.3, 0.4) is 0 Å². The van der Waals surface area contributed by atoms with Crippen LogP contribution in [0.25, 0.3) is 0 Å². The second-order valence-electron chi connectivity index (χ2n) is 5.58. The molecule has 0 aromatic heterocycles. The Kier molecular flexibility index (Phi) is 4.41. The molecule has 0 spiro atoms. The highest BCUT2D eigenvalue weighted by Crippen LogP contribution is 2.32. The molecule has 2 rings (SSSR count). The number of aryl methyl sites for hydroxylation is 1. The molecule has 1 heterocycles. The van der Waals surface area contributed by atoms with Gasteiger partial charge in [0.1, 0.15) is 0 Å². The van der Waals surface area contributed by atoms with Crippen molar-refractivity contribution < 1.29 is 9.84 Å². The van der Waals surface area contributed by atoms with E-state index in [1.807, 2.05) is 6.92 Å². The maximum absolute atomic E-state index is 10.7. The first kappa shape index (κ1) is 13.6. The van der Waals surface area contributed by atoms with Crippen molar-refractivity contribution >= 4 is 0 Å². The Morgan fingerprint density at radius 2 is 1.83 bits per heavy atom. The number of rotatable bonds is 4. The smallest absolute Gasteiger partial charge is 0.0871 e. The molecule has 0 radical (unpaired) electrons. The molecule has 2 nitrogen and oxygen atoms in total. The van der Waals surface area contributed by atoms with Crippen molar-refractivity contribution in [1.82, 2.24) is 0 Å². The average molecular weight is 248 g/mol. The van der Waals surface area contributed by atoms with Gasteiger partial charge in [0.15, 0.2) is 0 Å². The molecule has 0 amide bonds. The zero-order valence-corrected chi connectivity index (χ0v) is 11.5. The molecule has 0 bridgehead atoms. The van der Waals surface area contributed by atoms with Gasteiger partial charge in [0.25, 0.3) is 0 Å². The lowest BCUT2D eigenvalue weighted by Crippen LogP contribution is -2.28. The normalized spacial score (nSPS) is 20.6. The van der Waals surface area contributed by atoms with Gasteiger partial charge in [0.05, 0.1) is 5.60 Å². The Hall–Kier alpha value is -0.860. The van der Waals surface area contributed by atoms with Crippen molar-refractivity contribution in [3.05, 3.63) is 35.4 Å². The number of aliphatic hydroxyl groups is 1. The van der Waals surface area contributed by atoms with Crippen molar-refractivity contribution in [3.8, 4) is 0 Å². The van der Waals surface area contributed by atoms with Gasteiger partial charge in [-0.15, -0.1) is 0 Å². The summed E-state index contributed by atoms with van der Waals surface area (Å²) in [5.74, 6) is 0.583. The van der Waals surface area contributed by atoms with Crippen LogP contribution in [0.5, 0.6) is 0 Å². The van der Waals surface area contributed by atoms with E-state index in [1.165, 1.54) is 5.56 Å². The zero-order valence-electron chi connectivity index (χ0n) is 11.5. The van der Waals surface area contributed by atoms with Crippen molar-refractivity contribution in [3.63, 3.8) is 0 Å². The standard InChI is InChI=1S/C16H24O2/c1-3-13-4-6-15(7-5-13)16(2,17)12-14-8-10-18-11-9-14/h4-7,14,17H,3,8-12H2,1-2H3. The van der Waals surface area contributed by atoms with E-state index in [0.717, 1.165) is 44.5 Å². The zero-order chi connectivity index (χ0) is 13.0.